The second-order valence-electron chi connectivity index (χ2n) is 7.83. The molecule has 1 atom stereocenters. The number of hydrogen-bond donors (Lipinski definition) is 1. The third-order valence-electron chi connectivity index (χ3n) is 5.37. The van der Waals surface area contributed by atoms with E-state index in [9.17, 15) is 18.0 Å². The quantitative estimate of drug-likeness (QED) is 0.258. The van der Waals surface area contributed by atoms with Crippen molar-refractivity contribution in [1.29, 1.82) is 0 Å². The molecule has 0 aliphatic carbocycles. The van der Waals surface area contributed by atoms with E-state index in [2.05, 4.69) is 22.0 Å². The summed E-state index contributed by atoms with van der Waals surface area (Å²) in [4.78, 5) is 21.6. The van der Waals surface area contributed by atoms with E-state index >= 15 is 0 Å². The molecule has 1 heterocycles. The molecule has 0 radical (unpaired) electrons. The standard InChI is InChI=1S/C26H22F3N3O4S/c1-30-14-15-4-10-18(11-5-15)36-23(16-6-8-17(9-7-16)26(27,28)29)24(33)32-25-31-19-12-20(34-2)21(35-3)13-22(19)37-25/h4-13,23H,1,14H2,2-3H3,(H,31,32,33). The molecule has 1 aromatic heterocycles. The minimum Gasteiger partial charge on any atom is -0.493 e. The molecule has 11 heteroatoms. The summed E-state index contributed by atoms with van der Waals surface area (Å²) in [5.74, 6) is 0.748. The van der Waals surface area contributed by atoms with Crippen molar-refractivity contribution in [3.05, 3.63) is 77.4 Å². The highest BCUT2D eigenvalue weighted by Crippen LogP contribution is 2.37. The van der Waals surface area contributed by atoms with Crippen LogP contribution in [-0.2, 0) is 17.5 Å². The van der Waals surface area contributed by atoms with Crippen LogP contribution in [0, 0.1) is 0 Å². The molecular formula is C26H22F3N3O4S. The molecule has 1 amide bonds. The van der Waals surface area contributed by atoms with Gasteiger partial charge in [0.2, 0.25) is 6.10 Å². The maximum atomic E-state index is 13.3. The van der Waals surface area contributed by atoms with Crippen molar-refractivity contribution in [3.8, 4) is 17.2 Å². The monoisotopic (exact) mass is 529 g/mol. The van der Waals surface area contributed by atoms with Crippen LogP contribution < -0.4 is 19.5 Å². The smallest absolute Gasteiger partial charge is 0.416 e. The van der Waals surface area contributed by atoms with Gasteiger partial charge < -0.3 is 14.2 Å². The van der Waals surface area contributed by atoms with E-state index in [0.717, 1.165) is 22.4 Å². The molecule has 1 unspecified atom stereocenters. The molecule has 0 bridgehead atoms. The fourth-order valence-corrected chi connectivity index (χ4v) is 4.42. The maximum Gasteiger partial charge on any atom is 0.416 e. The summed E-state index contributed by atoms with van der Waals surface area (Å²) in [6, 6.07) is 14.5. The van der Waals surface area contributed by atoms with E-state index in [4.69, 9.17) is 14.2 Å². The van der Waals surface area contributed by atoms with Gasteiger partial charge in [0.15, 0.2) is 16.6 Å². The first-order valence-corrected chi connectivity index (χ1v) is 11.7. The maximum absolute atomic E-state index is 13.3. The SMILES string of the molecule is C=NCc1ccc(OC(C(=O)Nc2nc3cc(OC)c(OC)cc3s2)c2ccc(C(F)(F)F)cc2)cc1. The van der Waals surface area contributed by atoms with E-state index in [1.54, 1.807) is 36.4 Å². The van der Waals surface area contributed by atoms with E-state index in [-0.39, 0.29) is 10.7 Å². The van der Waals surface area contributed by atoms with Gasteiger partial charge in [0.25, 0.3) is 5.91 Å². The Morgan fingerprint density at radius 1 is 1.05 bits per heavy atom. The van der Waals surface area contributed by atoms with Crippen molar-refractivity contribution in [3.63, 3.8) is 0 Å². The second kappa shape index (κ2) is 10.9. The first-order chi connectivity index (χ1) is 17.7. The molecule has 192 valence electrons. The number of carbonyl (C=O) groups excluding carboxylic acids is 1. The van der Waals surface area contributed by atoms with Crippen molar-refractivity contribution in [2.45, 2.75) is 18.8 Å². The highest BCUT2D eigenvalue weighted by Gasteiger charge is 2.31. The van der Waals surface area contributed by atoms with Gasteiger partial charge in [-0.25, -0.2) is 4.98 Å². The number of aliphatic imine (C=N–C) groups is 1. The van der Waals surface area contributed by atoms with Crippen LogP contribution in [-0.4, -0.2) is 31.8 Å². The highest BCUT2D eigenvalue weighted by atomic mass is 32.1. The number of benzene rings is 3. The highest BCUT2D eigenvalue weighted by molar-refractivity contribution is 7.22. The molecular weight excluding hydrogens is 507 g/mol. The number of rotatable bonds is 9. The number of nitrogens with one attached hydrogen (secondary N) is 1. The predicted molar refractivity (Wildman–Crippen MR) is 136 cm³/mol. The molecule has 0 saturated carbocycles. The third kappa shape index (κ3) is 6.00. The van der Waals surface area contributed by atoms with Crippen molar-refractivity contribution in [2.24, 2.45) is 4.99 Å². The lowest BCUT2D eigenvalue weighted by atomic mass is 10.1. The van der Waals surface area contributed by atoms with Gasteiger partial charge in [0, 0.05) is 17.7 Å². The Morgan fingerprint density at radius 3 is 2.30 bits per heavy atom. The summed E-state index contributed by atoms with van der Waals surface area (Å²) in [5.41, 5.74) is 0.882. The normalized spacial score (nSPS) is 12.1. The molecule has 4 aromatic rings. The zero-order valence-electron chi connectivity index (χ0n) is 19.8. The second-order valence-corrected chi connectivity index (χ2v) is 8.86. The van der Waals surface area contributed by atoms with Gasteiger partial charge in [-0.1, -0.05) is 35.6 Å². The molecule has 7 nitrogen and oxygen atoms in total. The number of carbonyl (C=O) groups is 1. The number of halogens is 3. The Hall–Kier alpha value is -4.12. The number of hydrogen-bond acceptors (Lipinski definition) is 7. The molecule has 0 spiro atoms. The predicted octanol–water partition coefficient (Wildman–Crippen LogP) is 6.29. The van der Waals surface area contributed by atoms with Crippen LogP contribution >= 0.6 is 11.3 Å². The van der Waals surface area contributed by atoms with Crippen molar-refractivity contribution >= 4 is 39.3 Å². The lowest BCUT2D eigenvalue weighted by molar-refractivity contribution is -0.137. The number of alkyl halides is 3. The van der Waals surface area contributed by atoms with Crippen LogP contribution in [0.5, 0.6) is 17.2 Å². The van der Waals surface area contributed by atoms with Gasteiger partial charge in [-0.3, -0.25) is 15.1 Å². The van der Waals surface area contributed by atoms with Crippen LogP contribution in [0.3, 0.4) is 0 Å². The number of ether oxygens (including phenoxy) is 3. The molecule has 0 saturated heterocycles. The van der Waals surface area contributed by atoms with Gasteiger partial charge in [0.05, 0.1) is 36.5 Å². The molecule has 0 aliphatic rings. The number of anilines is 1. The topological polar surface area (TPSA) is 82.0 Å². The van der Waals surface area contributed by atoms with E-state index < -0.39 is 23.8 Å². The van der Waals surface area contributed by atoms with Gasteiger partial charge in [-0.05, 0) is 36.5 Å². The lowest BCUT2D eigenvalue weighted by Crippen LogP contribution is -2.25. The Balaban J connectivity index is 1.63. The van der Waals surface area contributed by atoms with Crippen molar-refractivity contribution in [1.82, 2.24) is 4.98 Å². The van der Waals surface area contributed by atoms with Crippen LogP contribution in [0.25, 0.3) is 10.2 Å². The summed E-state index contributed by atoms with van der Waals surface area (Å²) in [6.07, 6.45) is -5.75. The zero-order valence-corrected chi connectivity index (χ0v) is 20.7. The third-order valence-corrected chi connectivity index (χ3v) is 6.31. The zero-order chi connectivity index (χ0) is 26.6. The number of aromatic nitrogens is 1. The molecule has 37 heavy (non-hydrogen) atoms. The van der Waals surface area contributed by atoms with Crippen molar-refractivity contribution < 1.29 is 32.2 Å². The summed E-state index contributed by atoms with van der Waals surface area (Å²) < 4.78 is 56.5. The Kier molecular flexibility index (Phi) is 7.63. The van der Waals surface area contributed by atoms with Crippen LogP contribution in [0.2, 0.25) is 0 Å². The largest absolute Gasteiger partial charge is 0.493 e. The number of fused-ring (bicyclic) bond motifs is 1. The van der Waals surface area contributed by atoms with E-state index in [1.807, 2.05) is 0 Å². The first kappa shape index (κ1) is 26.0. The minimum absolute atomic E-state index is 0.242. The average molecular weight is 530 g/mol. The van der Waals surface area contributed by atoms with E-state index in [0.29, 0.717) is 29.3 Å². The fraction of sp³-hybridized carbons (Fsp3) is 0.192. The number of amides is 1. The molecule has 0 fully saturated rings. The summed E-state index contributed by atoms with van der Waals surface area (Å²) in [5, 5.41) is 3.00. The summed E-state index contributed by atoms with van der Waals surface area (Å²) >= 11 is 1.21. The van der Waals surface area contributed by atoms with Crippen LogP contribution in [0.1, 0.15) is 22.8 Å². The van der Waals surface area contributed by atoms with Crippen molar-refractivity contribution in [2.75, 3.05) is 19.5 Å². The molecule has 4 rings (SSSR count). The Morgan fingerprint density at radius 2 is 1.70 bits per heavy atom. The first-order valence-electron chi connectivity index (χ1n) is 10.9. The van der Waals surface area contributed by atoms with Gasteiger partial charge in [-0.2, -0.15) is 13.2 Å². The molecule has 0 aliphatic heterocycles. The summed E-state index contributed by atoms with van der Waals surface area (Å²) in [6.45, 7) is 3.87. The number of nitrogens with zero attached hydrogens (tertiary/aromatic N) is 2. The Labute approximate surface area is 214 Å². The van der Waals surface area contributed by atoms with E-state index in [1.165, 1.54) is 37.7 Å². The number of methoxy groups -OCH3 is 2. The Bertz CT molecular complexity index is 1360. The molecule has 3 aromatic carbocycles. The number of thiazole rings is 1. The lowest BCUT2D eigenvalue weighted by Gasteiger charge is -2.19. The summed E-state index contributed by atoms with van der Waals surface area (Å²) in [7, 11) is 3.02. The fourth-order valence-electron chi connectivity index (χ4n) is 3.54. The molecule has 1 N–H and O–H groups in total. The average Bonchev–Trinajstić information content (AvgIpc) is 3.28. The van der Waals surface area contributed by atoms with Gasteiger partial charge in [0.1, 0.15) is 5.75 Å². The van der Waals surface area contributed by atoms with Gasteiger partial charge >= 0.3 is 6.18 Å². The van der Waals surface area contributed by atoms with Crippen LogP contribution in [0.15, 0.2) is 65.7 Å². The van der Waals surface area contributed by atoms with Crippen LogP contribution in [0.4, 0.5) is 18.3 Å². The minimum atomic E-state index is -4.50. The van der Waals surface area contributed by atoms with Gasteiger partial charge in [-0.15, -0.1) is 0 Å².